The van der Waals surface area contributed by atoms with Crippen LogP contribution in [0.15, 0.2) is 10.9 Å². The predicted octanol–water partition coefficient (Wildman–Crippen LogP) is 1.37. The first-order valence-electron chi connectivity index (χ1n) is 7.40. The number of nitrogens with one attached hydrogen (secondary N) is 2. The van der Waals surface area contributed by atoms with Crippen LogP contribution in [0.3, 0.4) is 0 Å². The fourth-order valence-corrected chi connectivity index (χ4v) is 2.37. The molecule has 1 aromatic rings. The summed E-state index contributed by atoms with van der Waals surface area (Å²) in [5.41, 5.74) is 0.624. The van der Waals surface area contributed by atoms with Gasteiger partial charge in [0.15, 0.2) is 0 Å². The molecule has 0 spiro atoms. The van der Waals surface area contributed by atoms with Crippen molar-refractivity contribution in [2.45, 2.75) is 39.2 Å². The van der Waals surface area contributed by atoms with Crippen LogP contribution in [0, 0.1) is 0 Å². The molecule has 1 aliphatic rings. The predicted molar refractivity (Wildman–Crippen MR) is 79.5 cm³/mol. The molecule has 2 heterocycles. The van der Waals surface area contributed by atoms with E-state index >= 15 is 0 Å². The lowest BCUT2D eigenvalue weighted by molar-refractivity contribution is 0.0983. The monoisotopic (exact) mass is 294 g/mol. The van der Waals surface area contributed by atoms with Gasteiger partial charge in [-0.05, 0) is 26.2 Å². The van der Waals surface area contributed by atoms with Crippen molar-refractivity contribution in [2.24, 2.45) is 0 Å². The number of piperidine rings is 1. The zero-order valence-electron chi connectivity index (χ0n) is 12.5. The third kappa shape index (κ3) is 4.21. The third-order valence-corrected chi connectivity index (χ3v) is 3.52. The fourth-order valence-electron chi connectivity index (χ4n) is 2.37. The van der Waals surface area contributed by atoms with Crippen LogP contribution in [-0.4, -0.2) is 46.7 Å². The number of nitrogens with zero attached hydrogens (tertiary/aromatic N) is 2. The van der Waals surface area contributed by atoms with Gasteiger partial charge in [0.05, 0.1) is 6.61 Å². The number of likely N-dealkylation sites (tertiary alicyclic amines) is 1. The highest BCUT2D eigenvalue weighted by molar-refractivity contribution is 5.67. The zero-order chi connectivity index (χ0) is 15.2. The highest BCUT2D eigenvalue weighted by atomic mass is 16.6. The number of carbonyl (C=O) groups excluding carboxylic acids is 1. The number of aromatic nitrogens is 2. The number of carbonyl (C=O) groups is 1. The second-order valence-electron chi connectivity index (χ2n) is 5.04. The molecule has 7 nitrogen and oxygen atoms in total. The van der Waals surface area contributed by atoms with Crippen molar-refractivity contribution in [3.05, 3.63) is 22.1 Å². The number of H-pyrrole nitrogens is 1. The van der Waals surface area contributed by atoms with E-state index in [0.717, 1.165) is 25.0 Å². The Morgan fingerprint density at radius 2 is 2.19 bits per heavy atom. The molecule has 0 unspecified atom stereocenters. The number of anilines is 1. The quantitative estimate of drug-likeness (QED) is 0.875. The minimum atomic E-state index is -0.254. The molecule has 0 radical (unpaired) electrons. The van der Waals surface area contributed by atoms with Gasteiger partial charge in [-0.3, -0.25) is 9.78 Å². The Kier molecular flexibility index (Phi) is 5.19. The summed E-state index contributed by atoms with van der Waals surface area (Å²) in [5, 5.41) is 3.24. The van der Waals surface area contributed by atoms with Crippen LogP contribution < -0.4 is 10.9 Å². The van der Waals surface area contributed by atoms with Crippen molar-refractivity contribution in [3.8, 4) is 0 Å². The van der Waals surface area contributed by atoms with E-state index in [2.05, 4.69) is 15.3 Å². The largest absolute Gasteiger partial charge is 0.450 e. The lowest BCUT2D eigenvalue weighted by Gasteiger charge is -2.31. The van der Waals surface area contributed by atoms with Gasteiger partial charge >= 0.3 is 6.09 Å². The molecule has 0 aromatic carbocycles. The molecule has 1 amide bonds. The van der Waals surface area contributed by atoms with E-state index in [1.54, 1.807) is 11.8 Å². The number of rotatable bonds is 4. The molecule has 0 bridgehead atoms. The van der Waals surface area contributed by atoms with Gasteiger partial charge in [-0.25, -0.2) is 9.78 Å². The molecule has 0 atom stereocenters. The normalized spacial score (nSPS) is 15.8. The highest BCUT2D eigenvalue weighted by Gasteiger charge is 2.23. The molecular formula is C14H22N4O3. The van der Waals surface area contributed by atoms with Crippen LogP contribution in [0.5, 0.6) is 0 Å². The first kappa shape index (κ1) is 15.3. The van der Waals surface area contributed by atoms with Crippen LogP contribution in [-0.2, 0) is 11.2 Å². The highest BCUT2D eigenvalue weighted by Crippen LogP contribution is 2.14. The fraction of sp³-hybridized carbons (Fsp3) is 0.643. The number of aryl methyl sites for hydroxylation is 1. The van der Waals surface area contributed by atoms with Crippen molar-refractivity contribution >= 4 is 12.0 Å². The standard InChI is InChI=1S/C14H22N4O3/c1-3-10-9-12(19)17-13(15-10)16-11-5-7-18(8-6-11)14(20)21-4-2/h9,11H,3-8H2,1-2H3,(H2,15,16,17,19). The minimum absolute atomic E-state index is 0.145. The average molecular weight is 294 g/mol. The van der Waals surface area contributed by atoms with Crippen molar-refractivity contribution in [1.82, 2.24) is 14.9 Å². The molecule has 2 N–H and O–H groups in total. The lowest BCUT2D eigenvalue weighted by Crippen LogP contribution is -2.43. The summed E-state index contributed by atoms with van der Waals surface area (Å²) in [6.45, 7) is 5.45. The van der Waals surface area contributed by atoms with E-state index in [-0.39, 0.29) is 17.7 Å². The van der Waals surface area contributed by atoms with Gasteiger partial charge in [0.2, 0.25) is 5.95 Å². The van der Waals surface area contributed by atoms with Crippen LogP contribution in [0.4, 0.5) is 10.7 Å². The van der Waals surface area contributed by atoms with E-state index in [9.17, 15) is 9.59 Å². The molecule has 21 heavy (non-hydrogen) atoms. The molecular weight excluding hydrogens is 272 g/mol. The molecule has 7 heteroatoms. The smallest absolute Gasteiger partial charge is 0.409 e. The molecule has 0 saturated carbocycles. The summed E-state index contributed by atoms with van der Waals surface area (Å²) in [7, 11) is 0. The molecule has 2 rings (SSSR count). The SMILES string of the molecule is CCOC(=O)N1CCC(Nc2nc(CC)cc(=O)[nH]2)CC1. The number of hydrogen-bond acceptors (Lipinski definition) is 5. The van der Waals surface area contributed by atoms with E-state index in [4.69, 9.17) is 4.74 Å². The van der Waals surface area contributed by atoms with E-state index < -0.39 is 0 Å². The molecule has 1 aromatic heterocycles. The number of aromatic amines is 1. The van der Waals surface area contributed by atoms with Crippen molar-refractivity contribution in [1.29, 1.82) is 0 Å². The summed E-state index contributed by atoms with van der Waals surface area (Å²) in [6, 6.07) is 1.71. The topological polar surface area (TPSA) is 87.3 Å². The molecule has 116 valence electrons. The molecule has 1 saturated heterocycles. The Hall–Kier alpha value is -2.05. The Morgan fingerprint density at radius 3 is 2.81 bits per heavy atom. The van der Waals surface area contributed by atoms with Crippen LogP contribution >= 0.6 is 0 Å². The van der Waals surface area contributed by atoms with Gasteiger partial charge in [0.25, 0.3) is 5.56 Å². The Bertz CT molecular complexity index is 535. The summed E-state index contributed by atoms with van der Waals surface area (Å²) in [6.07, 6.45) is 2.08. The molecule has 0 aliphatic carbocycles. The van der Waals surface area contributed by atoms with Crippen LogP contribution in [0.2, 0.25) is 0 Å². The Labute approximate surface area is 123 Å². The van der Waals surface area contributed by atoms with Gasteiger partial charge in [0, 0.05) is 30.9 Å². The second kappa shape index (κ2) is 7.10. The maximum Gasteiger partial charge on any atom is 0.409 e. The maximum atomic E-state index is 11.6. The van der Waals surface area contributed by atoms with Gasteiger partial charge in [0.1, 0.15) is 0 Å². The van der Waals surface area contributed by atoms with E-state index in [1.807, 2.05) is 6.92 Å². The molecule has 1 fully saturated rings. The van der Waals surface area contributed by atoms with Crippen LogP contribution in [0.1, 0.15) is 32.4 Å². The van der Waals surface area contributed by atoms with Crippen molar-refractivity contribution < 1.29 is 9.53 Å². The van der Waals surface area contributed by atoms with Gasteiger partial charge in [-0.15, -0.1) is 0 Å². The minimum Gasteiger partial charge on any atom is -0.450 e. The summed E-state index contributed by atoms with van der Waals surface area (Å²) in [5.74, 6) is 0.508. The summed E-state index contributed by atoms with van der Waals surface area (Å²) < 4.78 is 4.99. The Balaban J connectivity index is 1.90. The second-order valence-corrected chi connectivity index (χ2v) is 5.04. The average Bonchev–Trinajstić information content (AvgIpc) is 2.47. The van der Waals surface area contributed by atoms with E-state index in [1.165, 1.54) is 6.07 Å². The number of amides is 1. The van der Waals surface area contributed by atoms with Gasteiger partial charge < -0.3 is 15.0 Å². The van der Waals surface area contributed by atoms with Gasteiger partial charge in [-0.1, -0.05) is 6.92 Å². The first-order valence-corrected chi connectivity index (χ1v) is 7.40. The third-order valence-electron chi connectivity index (χ3n) is 3.52. The Morgan fingerprint density at radius 1 is 1.48 bits per heavy atom. The van der Waals surface area contributed by atoms with E-state index in [0.29, 0.717) is 25.6 Å². The lowest BCUT2D eigenvalue weighted by atomic mass is 10.1. The summed E-state index contributed by atoms with van der Waals surface area (Å²) >= 11 is 0. The van der Waals surface area contributed by atoms with Crippen molar-refractivity contribution in [2.75, 3.05) is 25.0 Å². The number of hydrogen-bond donors (Lipinski definition) is 2. The molecule has 1 aliphatic heterocycles. The van der Waals surface area contributed by atoms with Crippen LogP contribution in [0.25, 0.3) is 0 Å². The first-order chi connectivity index (χ1) is 10.1. The van der Waals surface area contributed by atoms with Crippen molar-refractivity contribution in [3.63, 3.8) is 0 Å². The number of ether oxygens (including phenoxy) is 1. The maximum absolute atomic E-state index is 11.6. The zero-order valence-corrected chi connectivity index (χ0v) is 12.5. The summed E-state index contributed by atoms with van der Waals surface area (Å²) in [4.78, 5) is 31.9. The van der Waals surface area contributed by atoms with Gasteiger partial charge in [-0.2, -0.15) is 0 Å².